The van der Waals surface area contributed by atoms with Crippen molar-refractivity contribution in [2.45, 2.75) is 0 Å². The van der Waals surface area contributed by atoms with Crippen LogP contribution in [0.2, 0.25) is 5.02 Å². The average Bonchev–Trinajstić information content (AvgIpc) is 2.27. The Morgan fingerprint density at radius 3 is 2.38 bits per heavy atom. The van der Waals surface area contributed by atoms with E-state index < -0.39 is 0 Å². The number of carbonyl (C=O) groups is 1. The Kier molecular flexibility index (Phi) is 2.92. The zero-order valence-corrected chi connectivity index (χ0v) is 9.87. The van der Waals surface area contributed by atoms with E-state index >= 15 is 0 Å². The highest BCUT2D eigenvalue weighted by Gasteiger charge is 2.19. The summed E-state index contributed by atoms with van der Waals surface area (Å²) in [6, 6.07) is 3.24. The summed E-state index contributed by atoms with van der Waals surface area (Å²) in [5.74, 6) is 1.01. The van der Waals surface area contributed by atoms with E-state index in [-0.39, 0.29) is 5.91 Å². The number of amides is 1. The summed E-state index contributed by atoms with van der Waals surface area (Å²) in [6.07, 6.45) is 0. The SMILES string of the molecule is CN(C)C(=O)c1cc2c(cc1Cl)OCCO2. The highest BCUT2D eigenvalue weighted by Crippen LogP contribution is 2.35. The van der Waals surface area contributed by atoms with Crippen molar-refractivity contribution in [2.75, 3.05) is 27.3 Å². The lowest BCUT2D eigenvalue weighted by Gasteiger charge is -2.20. The monoisotopic (exact) mass is 241 g/mol. The summed E-state index contributed by atoms with van der Waals surface area (Å²) < 4.78 is 10.8. The molecule has 0 aromatic heterocycles. The third-order valence-corrected chi connectivity index (χ3v) is 2.58. The van der Waals surface area contributed by atoms with Crippen LogP contribution in [0, 0.1) is 0 Å². The molecule has 0 atom stereocenters. The lowest BCUT2D eigenvalue weighted by molar-refractivity contribution is 0.0826. The number of benzene rings is 1. The summed E-state index contributed by atoms with van der Waals surface area (Å²) in [6.45, 7) is 0.995. The van der Waals surface area contributed by atoms with Crippen LogP contribution in [0.5, 0.6) is 11.5 Å². The van der Waals surface area contributed by atoms with Crippen molar-refractivity contribution in [1.29, 1.82) is 0 Å². The maximum atomic E-state index is 11.8. The van der Waals surface area contributed by atoms with E-state index in [1.807, 2.05) is 0 Å². The minimum absolute atomic E-state index is 0.151. The number of hydrogen-bond donors (Lipinski definition) is 0. The molecule has 1 aromatic carbocycles. The van der Waals surface area contributed by atoms with Crippen LogP contribution in [0.25, 0.3) is 0 Å². The van der Waals surface area contributed by atoms with E-state index in [0.29, 0.717) is 35.3 Å². The second-order valence-corrected chi connectivity index (χ2v) is 4.08. The van der Waals surface area contributed by atoms with Crippen molar-refractivity contribution in [3.8, 4) is 11.5 Å². The molecule has 4 nitrogen and oxygen atoms in total. The second kappa shape index (κ2) is 4.22. The first-order chi connectivity index (χ1) is 7.59. The molecule has 1 aliphatic heterocycles. The smallest absolute Gasteiger partial charge is 0.254 e. The Labute approximate surface area is 98.7 Å². The second-order valence-electron chi connectivity index (χ2n) is 3.68. The molecule has 1 aromatic rings. The van der Waals surface area contributed by atoms with E-state index in [0.717, 1.165) is 0 Å². The van der Waals surface area contributed by atoms with Crippen LogP contribution in [-0.2, 0) is 0 Å². The molecule has 0 radical (unpaired) electrons. The van der Waals surface area contributed by atoms with E-state index in [1.54, 1.807) is 26.2 Å². The zero-order valence-electron chi connectivity index (χ0n) is 9.12. The first-order valence-corrected chi connectivity index (χ1v) is 5.28. The molecule has 1 aliphatic rings. The molecule has 0 fully saturated rings. The van der Waals surface area contributed by atoms with Gasteiger partial charge in [-0.15, -0.1) is 0 Å². The van der Waals surface area contributed by atoms with Crippen molar-refractivity contribution in [3.63, 3.8) is 0 Å². The Hall–Kier alpha value is -1.42. The maximum absolute atomic E-state index is 11.8. The van der Waals surface area contributed by atoms with Gasteiger partial charge in [-0.1, -0.05) is 11.6 Å². The lowest BCUT2D eigenvalue weighted by Crippen LogP contribution is -2.23. The fraction of sp³-hybridized carbons (Fsp3) is 0.364. The molecule has 0 saturated carbocycles. The van der Waals surface area contributed by atoms with Crippen LogP contribution in [0.3, 0.4) is 0 Å². The molecule has 1 heterocycles. The number of rotatable bonds is 1. The van der Waals surface area contributed by atoms with Gasteiger partial charge in [-0.3, -0.25) is 4.79 Å². The normalized spacial score (nSPS) is 13.4. The molecular formula is C11H12ClNO3. The van der Waals surface area contributed by atoms with Crippen LogP contribution < -0.4 is 9.47 Å². The molecule has 0 bridgehead atoms. The highest BCUT2D eigenvalue weighted by molar-refractivity contribution is 6.34. The van der Waals surface area contributed by atoms with Crippen LogP contribution in [-0.4, -0.2) is 38.1 Å². The number of hydrogen-bond acceptors (Lipinski definition) is 3. The number of fused-ring (bicyclic) bond motifs is 1. The fourth-order valence-corrected chi connectivity index (χ4v) is 1.70. The highest BCUT2D eigenvalue weighted by atomic mass is 35.5. The van der Waals surface area contributed by atoms with E-state index in [9.17, 15) is 4.79 Å². The van der Waals surface area contributed by atoms with E-state index in [4.69, 9.17) is 21.1 Å². The predicted molar refractivity (Wildman–Crippen MR) is 60.5 cm³/mol. The molecule has 0 N–H and O–H groups in total. The van der Waals surface area contributed by atoms with Crippen molar-refractivity contribution in [1.82, 2.24) is 4.90 Å². The van der Waals surface area contributed by atoms with Gasteiger partial charge in [-0.25, -0.2) is 0 Å². The Bertz CT molecular complexity index is 431. The average molecular weight is 242 g/mol. The summed E-state index contributed by atoms with van der Waals surface area (Å²) in [4.78, 5) is 13.3. The standard InChI is InChI=1S/C11H12ClNO3/c1-13(2)11(14)7-5-9-10(6-8(7)12)16-4-3-15-9/h5-6H,3-4H2,1-2H3. The third-order valence-electron chi connectivity index (χ3n) is 2.27. The van der Waals surface area contributed by atoms with Crippen molar-refractivity contribution >= 4 is 17.5 Å². The maximum Gasteiger partial charge on any atom is 0.254 e. The molecular weight excluding hydrogens is 230 g/mol. The van der Waals surface area contributed by atoms with Gasteiger partial charge in [0.25, 0.3) is 5.91 Å². The summed E-state index contributed by atoms with van der Waals surface area (Å²) in [5, 5.41) is 0.378. The van der Waals surface area contributed by atoms with Gasteiger partial charge in [0.2, 0.25) is 0 Å². The summed E-state index contributed by atoms with van der Waals surface area (Å²) >= 11 is 6.02. The van der Waals surface area contributed by atoms with Gasteiger partial charge in [0.15, 0.2) is 11.5 Å². The molecule has 0 saturated heterocycles. The number of halogens is 1. The molecule has 0 spiro atoms. The Morgan fingerprint density at radius 2 is 1.81 bits per heavy atom. The van der Waals surface area contributed by atoms with Gasteiger partial charge in [0.05, 0.1) is 10.6 Å². The lowest BCUT2D eigenvalue weighted by atomic mass is 10.1. The van der Waals surface area contributed by atoms with E-state index in [2.05, 4.69) is 0 Å². The number of nitrogens with zero attached hydrogens (tertiary/aromatic N) is 1. The molecule has 0 unspecified atom stereocenters. The van der Waals surface area contributed by atoms with Crippen molar-refractivity contribution < 1.29 is 14.3 Å². The van der Waals surface area contributed by atoms with Gasteiger partial charge >= 0.3 is 0 Å². The topological polar surface area (TPSA) is 38.8 Å². The molecule has 16 heavy (non-hydrogen) atoms. The Balaban J connectivity index is 2.43. The zero-order chi connectivity index (χ0) is 11.7. The molecule has 1 amide bonds. The first-order valence-electron chi connectivity index (χ1n) is 4.90. The Morgan fingerprint density at radius 1 is 1.25 bits per heavy atom. The first kappa shape index (κ1) is 11.1. The number of ether oxygens (including phenoxy) is 2. The largest absolute Gasteiger partial charge is 0.486 e. The van der Waals surface area contributed by atoms with Crippen LogP contribution in [0.15, 0.2) is 12.1 Å². The third kappa shape index (κ3) is 1.93. The molecule has 0 aliphatic carbocycles. The fourth-order valence-electron chi connectivity index (χ4n) is 1.47. The van der Waals surface area contributed by atoms with Gasteiger partial charge in [-0.2, -0.15) is 0 Å². The minimum Gasteiger partial charge on any atom is -0.486 e. The molecule has 2 rings (SSSR count). The number of carbonyl (C=O) groups excluding carboxylic acids is 1. The van der Waals surface area contributed by atoms with Crippen LogP contribution >= 0.6 is 11.6 Å². The van der Waals surface area contributed by atoms with Crippen molar-refractivity contribution in [3.05, 3.63) is 22.7 Å². The molecule has 5 heteroatoms. The van der Waals surface area contributed by atoms with Gasteiger partial charge in [-0.05, 0) is 6.07 Å². The predicted octanol–water partition coefficient (Wildman–Crippen LogP) is 1.81. The molecule has 86 valence electrons. The van der Waals surface area contributed by atoms with E-state index in [1.165, 1.54) is 4.90 Å². The van der Waals surface area contributed by atoms with Crippen LogP contribution in [0.4, 0.5) is 0 Å². The minimum atomic E-state index is -0.151. The summed E-state index contributed by atoms with van der Waals surface area (Å²) in [5.41, 5.74) is 0.427. The quantitative estimate of drug-likeness (QED) is 0.753. The van der Waals surface area contributed by atoms with Gasteiger partial charge in [0.1, 0.15) is 13.2 Å². The van der Waals surface area contributed by atoms with Crippen LogP contribution in [0.1, 0.15) is 10.4 Å². The van der Waals surface area contributed by atoms with Gasteiger partial charge in [0, 0.05) is 20.2 Å². The van der Waals surface area contributed by atoms with Crippen molar-refractivity contribution in [2.24, 2.45) is 0 Å². The van der Waals surface area contributed by atoms with Gasteiger partial charge < -0.3 is 14.4 Å². The summed E-state index contributed by atoms with van der Waals surface area (Å²) in [7, 11) is 3.35.